The van der Waals surface area contributed by atoms with Crippen molar-refractivity contribution in [2.24, 2.45) is 0 Å². The topological polar surface area (TPSA) is 78.3 Å². The molecular formula is C24H23ClN4O3. The molecule has 5 rings (SSSR count). The minimum atomic E-state index is -0.396. The number of allylic oxidation sites excluding steroid dienone is 2. The number of fused-ring (bicyclic) bond motifs is 1. The summed E-state index contributed by atoms with van der Waals surface area (Å²) in [5.41, 5.74) is 3.40. The number of nitrogens with zero attached hydrogens (tertiary/aromatic N) is 3. The number of nitrogens with one attached hydrogen (secondary N) is 1. The van der Waals surface area contributed by atoms with E-state index in [1.165, 1.54) is 0 Å². The Hall–Kier alpha value is -3.32. The first-order valence-corrected chi connectivity index (χ1v) is 11.0. The van der Waals surface area contributed by atoms with Crippen molar-refractivity contribution in [2.75, 3.05) is 19.0 Å². The molecule has 1 unspecified atom stereocenters. The molecule has 1 aliphatic carbocycles. The van der Waals surface area contributed by atoms with E-state index in [9.17, 15) is 4.79 Å². The molecule has 0 bridgehead atoms. The summed E-state index contributed by atoms with van der Waals surface area (Å²) in [5.74, 6) is 2.59. The smallest absolute Gasteiger partial charge is 0.226 e. The number of anilines is 1. The molecule has 7 nitrogen and oxygen atoms in total. The standard InChI is InChI=1S/C24H23ClN4O3/c1-3-32-19-12-9-15(13-20(19)31-2)22-21-17(5-4-6-18(21)30)26-24-27-23(28-29(22)24)14-7-10-16(25)11-8-14/h7-13,22H,3-6H2,1-2H3,(H,26,27,28). The predicted molar refractivity (Wildman–Crippen MR) is 122 cm³/mol. The van der Waals surface area contributed by atoms with E-state index in [2.05, 4.69) is 5.32 Å². The molecule has 2 aliphatic rings. The molecule has 164 valence electrons. The van der Waals surface area contributed by atoms with Crippen LogP contribution in [0.25, 0.3) is 11.4 Å². The van der Waals surface area contributed by atoms with Crippen LogP contribution >= 0.6 is 11.6 Å². The van der Waals surface area contributed by atoms with E-state index in [1.54, 1.807) is 11.8 Å². The van der Waals surface area contributed by atoms with E-state index in [1.807, 2.05) is 49.4 Å². The Labute approximate surface area is 191 Å². The van der Waals surface area contributed by atoms with Crippen LogP contribution in [0.15, 0.2) is 53.7 Å². The Morgan fingerprint density at radius 3 is 2.72 bits per heavy atom. The Morgan fingerprint density at radius 1 is 1.16 bits per heavy atom. The third-order valence-electron chi connectivity index (χ3n) is 5.77. The normalized spacial score (nSPS) is 17.5. The third kappa shape index (κ3) is 3.52. The monoisotopic (exact) mass is 450 g/mol. The maximum atomic E-state index is 13.0. The van der Waals surface area contributed by atoms with Gasteiger partial charge in [-0.25, -0.2) is 4.68 Å². The Kier molecular flexibility index (Phi) is 5.35. The SMILES string of the molecule is CCOc1ccc(C2C3=C(CCCC3=O)Nc3nc(-c4ccc(Cl)cc4)nn32)cc1OC. The molecule has 8 heteroatoms. The predicted octanol–water partition coefficient (Wildman–Crippen LogP) is 5.03. The molecule has 1 aromatic heterocycles. The van der Waals surface area contributed by atoms with Gasteiger partial charge in [0.2, 0.25) is 5.95 Å². The lowest BCUT2D eigenvalue weighted by Gasteiger charge is -2.32. The number of hydrogen-bond acceptors (Lipinski definition) is 6. The minimum Gasteiger partial charge on any atom is -0.493 e. The summed E-state index contributed by atoms with van der Waals surface area (Å²) in [6.45, 7) is 2.46. The Balaban J connectivity index is 1.65. The fourth-order valence-electron chi connectivity index (χ4n) is 4.31. The highest BCUT2D eigenvalue weighted by molar-refractivity contribution is 6.30. The molecule has 0 radical (unpaired) electrons. The van der Waals surface area contributed by atoms with Crippen molar-refractivity contribution in [2.45, 2.75) is 32.2 Å². The second-order valence-corrected chi connectivity index (χ2v) is 8.19. The maximum absolute atomic E-state index is 13.0. The number of Topliss-reactive ketones (excluding diaryl/α,β-unsaturated/α-hetero) is 1. The van der Waals surface area contributed by atoms with Crippen molar-refractivity contribution in [1.82, 2.24) is 14.8 Å². The highest BCUT2D eigenvalue weighted by Gasteiger charge is 2.37. The molecule has 0 saturated carbocycles. The van der Waals surface area contributed by atoms with Crippen LogP contribution in [-0.4, -0.2) is 34.3 Å². The molecule has 0 saturated heterocycles. The number of benzene rings is 2. The van der Waals surface area contributed by atoms with Gasteiger partial charge in [-0.2, -0.15) is 4.98 Å². The molecule has 0 amide bonds. The number of carbonyl (C=O) groups is 1. The van der Waals surface area contributed by atoms with Gasteiger partial charge in [0, 0.05) is 28.3 Å². The molecule has 1 N–H and O–H groups in total. The molecular weight excluding hydrogens is 428 g/mol. The lowest BCUT2D eigenvalue weighted by Crippen LogP contribution is -2.31. The number of halogens is 1. The summed E-state index contributed by atoms with van der Waals surface area (Å²) in [6.07, 6.45) is 2.15. The van der Waals surface area contributed by atoms with Gasteiger partial charge in [0.15, 0.2) is 23.1 Å². The van der Waals surface area contributed by atoms with Crippen molar-refractivity contribution in [3.8, 4) is 22.9 Å². The van der Waals surface area contributed by atoms with Crippen LogP contribution in [0.4, 0.5) is 5.95 Å². The van der Waals surface area contributed by atoms with Gasteiger partial charge in [0.25, 0.3) is 0 Å². The van der Waals surface area contributed by atoms with Crippen LogP contribution < -0.4 is 14.8 Å². The van der Waals surface area contributed by atoms with Crippen LogP contribution in [0, 0.1) is 0 Å². The maximum Gasteiger partial charge on any atom is 0.226 e. The van der Waals surface area contributed by atoms with Gasteiger partial charge in [0.1, 0.15) is 6.04 Å². The Morgan fingerprint density at radius 2 is 1.97 bits per heavy atom. The van der Waals surface area contributed by atoms with Crippen LogP contribution in [0.3, 0.4) is 0 Å². The molecule has 0 fully saturated rings. The summed E-state index contributed by atoms with van der Waals surface area (Å²) >= 11 is 6.04. The zero-order valence-corrected chi connectivity index (χ0v) is 18.6. The van der Waals surface area contributed by atoms with Crippen molar-refractivity contribution in [3.05, 3.63) is 64.3 Å². The zero-order valence-electron chi connectivity index (χ0n) is 17.9. The van der Waals surface area contributed by atoms with Crippen molar-refractivity contribution >= 4 is 23.3 Å². The number of methoxy groups -OCH3 is 1. The number of ketones is 1. The van der Waals surface area contributed by atoms with Gasteiger partial charge in [-0.3, -0.25) is 4.79 Å². The molecule has 1 atom stereocenters. The molecule has 1 aliphatic heterocycles. The lowest BCUT2D eigenvalue weighted by atomic mass is 9.85. The first-order valence-electron chi connectivity index (χ1n) is 10.7. The van der Waals surface area contributed by atoms with Crippen LogP contribution in [0.2, 0.25) is 5.02 Å². The summed E-state index contributed by atoms with van der Waals surface area (Å²) < 4.78 is 13.0. The fourth-order valence-corrected chi connectivity index (χ4v) is 4.44. The number of hydrogen-bond donors (Lipinski definition) is 1. The van der Waals surface area contributed by atoms with Gasteiger partial charge in [-0.15, -0.1) is 5.10 Å². The van der Waals surface area contributed by atoms with Crippen molar-refractivity contribution in [1.29, 1.82) is 0 Å². The van der Waals surface area contributed by atoms with Gasteiger partial charge in [0.05, 0.1) is 13.7 Å². The minimum absolute atomic E-state index is 0.130. The third-order valence-corrected chi connectivity index (χ3v) is 6.03. The van der Waals surface area contributed by atoms with Gasteiger partial charge in [-0.1, -0.05) is 17.7 Å². The summed E-state index contributed by atoms with van der Waals surface area (Å²) in [4.78, 5) is 17.8. The lowest BCUT2D eigenvalue weighted by molar-refractivity contribution is -0.116. The van der Waals surface area contributed by atoms with E-state index in [0.717, 1.165) is 35.2 Å². The molecule has 32 heavy (non-hydrogen) atoms. The Bertz CT molecular complexity index is 1220. The average Bonchev–Trinajstić information content (AvgIpc) is 3.22. The molecule has 3 aromatic rings. The first kappa shape index (κ1) is 20.6. The van der Waals surface area contributed by atoms with Gasteiger partial charge < -0.3 is 14.8 Å². The van der Waals surface area contributed by atoms with Crippen LogP contribution in [-0.2, 0) is 4.79 Å². The van der Waals surface area contributed by atoms with E-state index in [0.29, 0.717) is 41.3 Å². The number of carbonyl (C=O) groups excluding carboxylic acids is 1. The highest BCUT2D eigenvalue weighted by Crippen LogP contribution is 2.42. The summed E-state index contributed by atoms with van der Waals surface area (Å²) in [7, 11) is 1.61. The quantitative estimate of drug-likeness (QED) is 0.587. The number of aromatic nitrogens is 3. The summed E-state index contributed by atoms with van der Waals surface area (Å²) in [6, 6.07) is 12.8. The second kappa shape index (κ2) is 8.31. The van der Waals surface area contributed by atoms with Crippen LogP contribution in [0.1, 0.15) is 37.8 Å². The molecule has 2 aromatic carbocycles. The van der Waals surface area contributed by atoms with Crippen LogP contribution in [0.5, 0.6) is 11.5 Å². The van der Waals surface area contributed by atoms with Crippen molar-refractivity contribution < 1.29 is 14.3 Å². The van der Waals surface area contributed by atoms with Gasteiger partial charge in [-0.05, 0) is 61.7 Å². The zero-order chi connectivity index (χ0) is 22.2. The number of rotatable bonds is 5. The van der Waals surface area contributed by atoms with Gasteiger partial charge >= 0.3 is 0 Å². The number of ether oxygens (including phenoxy) is 2. The fraction of sp³-hybridized carbons (Fsp3) is 0.292. The second-order valence-electron chi connectivity index (χ2n) is 7.75. The molecule has 0 spiro atoms. The van der Waals surface area contributed by atoms with E-state index < -0.39 is 6.04 Å². The average molecular weight is 451 g/mol. The van der Waals surface area contributed by atoms with E-state index in [-0.39, 0.29) is 5.78 Å². The van der Waals surface area contributed by atoms with E-state index >= 15 is 0 Å². The van der Waals surface area contributed by atoms with Crippen molar-refractivity contribution in [3.63, 3.8) is 0 Å². The largest absolute Gasteiger partial charge is 0.493 e. The summed E-state index contributed by atoms with van der Waals surface area (Å²) in [5, 5.41) is 8.80. The first-order chi connectivity index (χ1) is 15.6. The highest BCUT2D eigenvalue weighted by atomic mass is 35.5. The molecule has 2 heterocycles. The van der Waals surface area contributed by atoms with E-state index in [4.69, 9.17) is 31.2 Å².